The summed E-state index contributed by atoms with van der Waals surface area (Å²) < 4.78 is 0. The first-order valence-corrected chi connectivity index (χ1v) is 13.9. The second-order valence-electron chi connectivity index (χ2n) is 6.76. The molecule has 0 saturated heterocycles. The molecule has 0 aliphatic rings. The van der Waals surface area contributed by atoms with Crippen LogP contribution in [0.3, 0.4) is 0 Å². The zero-order chi connectivity index (χ0) is 22.3. The molecule has 32 heavy (non-hydrogen) atoms. The molecule has 0 aromatic heterocycles. The summed E-state index contributed by atoms with van der Waals surface area (Å²) in [7, 11) is 9.63. The molecule has 4 heteroatoms. The first-order valence-electron chi connectivity index (χ1n) is 9.88. The van der Waals surface area contributed by atoms with Crippen molar-refractivity contribution in [3.05, 3.63) is 155 Å². The Bertz CT molecular complexity index is 792. The first kappa shape index (κ1) is 28.3. The average molecular weight is 574 g/mol. The van der Waals surface area contributed by atoms with E-state index in [-0.39, 0.29) is 25.8 Å². The van der Waals surface area contributed by atoms with E-state index in [0.717, 1.165) is 0 Å². The minimum absolute atomic E-state index is 0. The molecule has 4 aromatic carbocycles. The number of hydrogen-bond acceptors (Lipinski definition) is 0. The van der Waals surface area contributed by atoms with Gasteiger partial charge in [-0.1, -0.05) is 86.6 Å². The normalized spacial score (nSPS) is 9.25. The number of rotatable bonds is 4. The monoisotopic (exact) mass is 572 g/mol. The predicted molar refractivity (Wildman–Crippen MR) is 143 cm³/mol. The van der Waals surface area contributed by atoms with Crippen LogP contribution in [0.4, 0.5) is 0 Å². The summed E-state index contributed by atoms with van der Waals surface area (Å²) in [6, 6.07) is 41.9. The molecule has 0 bridgehead atoms. The van der Waals surface area contributed by atoms with E-state index in [1.165, 1.54) is 34.1 Å². The standard InChI is InChI=1S/2C14H13.2ClH.H3P.Pd/c2*1-12(13-8-4-2-5-9-13)14-10-6-3-7-11-14;;;;/h2*2-11H,1H3;2*1H;1H3;/q2*-1;;;;+2/p-2. The molecule has 0 aliphatic heterocycles. The number of halogens is 2. The molecule has 0 fully saturated rings. The summed E-state index contributed by atoms with van der Waals surface area (Å²) in [5, 5.41) is 0. The molecule has 0 amide bonds. The molecule has 0 aliphatic carbocycles. The van der Waals surface area contributed by atoms with Crippen LogP contribution >= 0.6 is 29.0 Å². The van der Waals surface area contributed by atoms with Gasteiger partial charge >= 0.3 is 35.0 Å². The molecule has 0 heterocycles. The summed E-state index contributed by atoms with van der Waals surface area (Å²) in [5.74, 6) is 2.65. The summed E-state index contributed by atoms with van der Waals surface area (Å²) in [6.45, 7) is 4.31. The van der Waals surface area contributed by atoms with Gasteiger partial charge in [0.25, 0.3) is 0 Å². The van der Waals surface area contributed by atoms with E-state index in [9.17, 15) is 0 Å². The molecule has 1 unspecified atom stereocenters. The van der Waals surface area contributed by atoms with Crippen molar-refractivity contribution < 1.29 is 15.9 Å². The molecular weight excluding hydrogens is 545 g/mol. The van der Waals surface area contributed by atoms with E-state index in [1.807, 2.05) is 24.3 Å². The van der Waals surface area contributed by atoms with Crippen LogP contribution in [-0.4, -0.2) is 0 Å². The Morgan fingerprint density at radius 2 is 0.594 bits per heavy atom. The SMILES string of the molecule is C[C-](c1ccccc1)c1ccccc1.C[C-](c1ccccc1)c1ccccc1.P.[Cl][Pd][Cl]. The van der Waals surface area contributed by atoms with Crippen LogP contribution in [0.1, 0.15) is 36.1 Å². The maximum atomic E-state index is 4.81. The van der Waals surface area contributed by atoms with E-state index in [0.29, 0.717) is 0 Å². The van der Waals surface area contributed by atoms with Gasteiger partial charge in [0, 0.05) is 0 Å². The molecule has 0 radical (unpaired) electrons. The van der Waals surface area contributed by atoms with Crippen LogP contribution in [0.2, 0.25) is 0 Å². The molecule has 0 nitrogen and oxygen atoms in total. The van der Waals surface area contributed by atoms with E-state index >= 15 is 0 Å². The van der Waals surface area contributed by atoms with Gasteiger partial charge < -0.3 is 0 Å². The van der Waals surface area contributed by atoms with Crippen molar-refractivity contribution in [1.29, 1.82) is 0 Å². The molecular formula is C28H29Cl2PPd-2. The molecule has 4 aromatic rings. The molecule has 0 saturated carbocycles. The van der Waals surface area contributed by atoms with Gasteiger partial charge in [0.2, 0.25) is 0 Å². The minimum atomic E-state index is -0.106. The molecule has 0 N–H and O–H groups in total. The molecule has 172 valence electrons. The van der Waals surface area contributed by atoms with Gasteiger partial charge in [-0.3, -0.25) is 0 Å². The van der Waals surface area contributed by atoms with Crippen LogP contribution in [0.5, 0.6) is 0 Å². The Morgan fingerprint density at radius 3 is 0.750 bits per heavy atom. The second kappa shape index (κ2) is 16.9. The van der Waals surface area contributed by atoms with E-state index in [1.54, 1.807) is 0 Å². The predicted octanol–water partition coefficient (Wildman–Crippen LogP) is 8.79. The third-order valence-corrected chi connectivity index (χ3v) is 4.83. The molecule has 4 rings (SSSR count). The van der Waals surface area contributed by atoms with Crippen molar-refractivity contribution in [2.45, 2.75) is 13.8 Å². The third kappa shape index (κ3) is 9.83. The number of benzene rings is 4. The van der Waals surface area contributed by atoms with Crippen LogP contribution in [0, 0.1) is 11.8 Å². The van der Waals surface area contributed by atoms with Gasteiger partial charge in [-0.25, -0.2) is 0 Å². The van der Waals surface area contributed by atoms with Crippen LogP contribution < -0.4 is 0 Å². The Kier molecular flexibility index (Phi) is 14.9. The van der Waals surface area contributed by atoms with Crippen molar-refractivity contribution >= 4 is 29.0 Å². The van der Waals surface area contributed by atoms with Crippen LogP contribution in [0.25, 0.3) is 0 Å². The van der Waals surface area contributed by atoms with Crippen molar-refractivity contribution in [2.75, 3.05) is 0 Å². The zero-order valence-corrected chi connectivity index (χ0v) is 22.8. The molecule has 0 spiro atoms. The van der Waals surface area contributed by atoms with E-state index in [2.05, 4.69) is 111 Å². The van der Waals surface area contributed by atoms with Crippen LogP contribution in [-0.2, 0) is 15.9 Å². The van der Waals surface area contributed by atoms with Gasteiger partial charge in [0.15, 0.2) is 0 Å². The third-order valence-electron chi connectivity index (χ3n) is 4.83. The quantitative estimate of drug-likeness (QED) is 0.130. The Balaban J connectivity index is 0.000000278. The summed E-state index contributed by atoms with van der Waals surface area (Å²) in [4.78, 5) is 0. The molecule has 1 atom stereocenters. The van der Waals surface area contributed by atoms with Gasteiger partial charge in [0.1, 0.15) is 0 Å². The van der Waals surface area contributed by atoms with Gasteiger partial charge in [-0.05, 0) is 0 Å². The average Bonchev–Trinajstić information content (AvgIpc) is 2.86. The summed E-state index contributed by atoms with van der Waals surface area (Å²) >= 11 is -0.106. The Labute approximate surface area is 213 Å². The van der Waals surface area contributed by atoms with E-state index in [4.69, 9.17) is 19.1 Å². The maximum absolute atomic E-state index is 4.81. The van der Waals surface area contributed by atoms with Crippen molar-refractivity contribution in [3.8, 4) is 0 Å². The van der Waals surface area contributed by atoms with Crippen molar-refractivity contribution in [1.82, 2.24) is 0 Å². The van der Waals surface area contributed by atoms with Crippen molar-refractivity contribution in [2.24, 2.45) is 0 Å². The van der Waals surface area contributed by atoms with Gasteiger partial charge in [-0.15, -0.1) is 82.6 Å². The van der Waals surface area contributed by atoms with Crippen molar-refractivity contribution in [3.63, 3.8) is 0 Å². The summed E-state index contributed by atoms with van der Waals surface area (Å²) in [6.07, 6.45) is 0. The Hall–Kier alpha value is -1.71. The summed E-state index contributed by atoms with van der Waals surface area (Å²) in [5.41, 5.74) is 5.16. The van der Waals surface area contributed by atoms with E-state index < -0.39 is 0 Å². The Morgan fingerprint density at radius 1 is 0.438 bits per heavy atom. The topological polar surface area (TPSA) is 0 Å². The van der Waals surface area contributed by atoms with Gasteiger partial charge in [-0.2, -0.15) is 9.90 Å². The van der Waals surface area contributed by atoms with Gasteiger partial charge in [0.05, 0.1) is 0 Å². The number of hydrogen-bond donors (Lipinski definition) is 0. The fraction of sp³-hybridized carbons (Fsp3) is 0.0714. The fourth-order valence-electron chi connectivity index (χ4n) is 3.09. The second-order valence-corrected chi connectivity index (χ2v) is 9.12. The first-order chi connectivity index (χ1) is 15.2. The zero-order valence-electron chi connectivity index (χ0n) is 18.3. The fourth-order valence-corrected chi connectivity index (χ4v) is 3.09. The van der Waals surface area contributed by atoms with Crippen LogP contribution in [0.15, 0.2) is 121 Å².